The number of likely N-dealkylation sites (tertiary alicyclic amines) is 1. The van der Waals surface area contributed by atoms with Gasteiger partial charge in [-0.15, -0.1) is 0 Å². The zero-order chi connectivity index (χ0) is 17.6. The molecule has 1 N–H and O–H groups in total. The molecule has 0 aromatic heterocycles. The van der Waals surface area contributed by atoms with Crippen LogP contribution in [0.2, 0.25) is 12.1 Å². The largest absolute Gasteiger partial charge is 0.634 e. The molecule has 7 heteroatoms. The first kappa shape index (κ1) is 19.7. The topological polar surface area (TPSA) is 66.3 Å². The third-order valence-corrected chi connectivity index (χ3v) is 5.32. The van der Waals surface area contributed by atoms with Gasteiger partial charge >= 0.3 is 0 Å². The van der Waals surface area contributed by atoms with Crippen molar-refractivity contribution in [3.8, 4) is 0 Å². The highest BCUT2D eigenvalue weighted by molar-refractivity contribution is 6.38. The Balaban J connectivity index is 1.57. The van der Waals surface area contributed by atoms with Gasteiger partial charge < -0.3 is 24.6 Å². The average Bonchev–Trinajstić information content (AvgIpc) is 2.55. The van der Waals surface area contributed by atoms with Gasteiger partial charge in [-0.1, -0.05) is 0 Å². The molecule has 2 aliphatic heterocycles. The van der Waals surface area contributed by atoms with Gasteiger partial charge in [0.1, 0.15) is 13.9 Å². The first-order valence-corrected chi connectivity index (χ1v) is 9.34. The zero-order valence-corrected chi connectivity index (χ0v) is 15.5. The molecule has 6 nitrogen and oxygen atoms in total. The van der Waals surface area contributed by atoms with Crippen molar-refractivity contribution in [3.05, 3.63) is 5.21 Å². The van der Waals surface area contributed by atoms with Gasteiger partial charge in [0.25, 0.3) is 0 Å². The summed E-state index contributed by atoms with van der Waals surface area (Å²) in [4.78, 5) is 14.1. The number of amides is 1. The molecule has 0 aliphatic carbocycles. The quantitative estimate of drug-likeness (QED) is 0.527. The summed E-state index contributed by atoms with van der Waals surface area (Å²) in [7, 11) is 2.75. The Hall–Kier alpha value is -0.625. The van der Waals surface area contributed by atoms with E-state index in [1.165, 1.54) is 0 Å². The molecule has 0 radical (unpaired) electrons. The fourth-order valence-corrected chi connectivity index (χ4v) is 3.46. The molecular weight excluding hydrogens is 307 g/mol. The Morgan fingerprint density at radius 1 is 1.42 bits per heavy atom. The summed E-state index contributed by atoms with van der Waals surface area (Å²) in [5.74, 6) is 1.09. The van der Waals surface area contributed by atoms with Crippen LogP contribution in [0.3, 0.4) is 0 Å². The number of carbonyl (C=O) groups excluding carboxylic acids is 1. The summed E-state index contributed by atoms with van der Waals surface area (Å²) in [5, 5.41) is 11.3. The first-order chi connectivity index (χ1) is 11.4. The lowest BCUT2D eigenvalue weighted by Crippen LogP contribution is -3.03. The number of nitrogens with one attached hydrogen (secondary N) is 1. The van der Waals surface area contributed by atoms with Crippen molar-refractivity contribution < 1.29 is 19.3 Å². The van der Waals surface area contributed by atoms with E-state index in [2.05, 4.69) is 13.8 Å². The van der Waals surface area contributed by atoms with E-state index in [1.54, 1.807) is 7.05 Å². The van der Waals surface area contributed by atoms with Gasteiger partial charge in [0.2, 0.25) is 5.91 Å². The predicted octanol–water partition coefficient (Wildman–Crippen LogP) is 0.0963. The SMILES string of the molecule is C[NH+]([O-])CCC1CCN(C(=O)COC[C@H]2BCC(C)(C)OC2)CC1. The molecular formula is C17H33BN2O4. The van der Waals surface area contributed by atoms with E-state index in [9.17, 15) is 10.0 Å². The number of rotatable bonds is 7. The van der Waals surface area contributed by atoms with Crippen LogP contribution in [0.15, 0.2) is 0 Å². The van der Waals surface area contributed by atoms with Crippen LogP contribution in [-0.2, 0) is 14.3 Å². The van der Waals surface area contributed by atoms with Crippen LogP contribution in [-0.4, -0.2) is 70.2 Å². The van der Waals surface area contributed by atoms with Crippen molar-refractivity contribution in [1.29, 1.82) is 0 Å². The van der Waals surface area contributed by atoms with E-state index in [0.717, 1.165) is 52.6 Å². The normalized spacial score (nSPS) is 26.0. The highest BCUT2D eigenvalue weighted by Gasteiger charge is 2.29. The summed E-state index contributed by atoms with van der Waals surface area (Å²) < 4.78 is 11.5. The molecule has 24 heavy (non-hydrogen) atoms. The van der Waals surface area contributed by atoms with Crippen molar-refractivity contribution in [2.75, 3.05) is 46.5 Å². The molecule has 2 atom stereocenters. The van der Waals surface area contributed by atoms with Crippen LogP contribution >= 0.6 is 0 Å². The van der Waals surface area contributed by atoms with Crippen molar-refractivity contribution in [1.82, 2.24) is 4.90 Å². The second-order valence-electron chi connectivity index (χ2n) is 8.06. The smallest absolute Gasteiger partial charge is 0.248 e. The molecule has 0 aromatic carbocycles. The number of nitrogens with zero attached hydrogens (tertiary/aromatic N) is 1. The highest BCUT2D eigenvalue weighted by atomic mass is 16.5. The maximum atomic E-state index is 12.2. The number of hydrogen-bond donors (Lipinski definition) is 1. The summed E-state index contributed by atoms with van der Waals surface area (Å²) in [6.45, 7) is 8.01. The Morgan fingerprint density at radius 2 is 2.12 bits per heavy atom. The van der Waals surface area contributed by atoms with E-state index < -0.39 is 0 Å². The van der Waals surface area contributed by atoms with Crippen LogP contribution in [0.4, 0.5) is 0 Å². The monoisotopic (exact) mass is 340 g/mol. The minimum atomic E-state index is -0.0148. The van der Waals surface area contributed by atoms with Gasteiger partial charge in [0, 0.05) is 26.3 Å². The van der Waals surface area contributed by atoms with E-state index in [1.807, 2.05) is 4.90 Å². The Morgan fingerprint density at radius 3 is 2.71 bits per heavy atom. The Kier molecular flexibility index (Phi) is 7.53. The summed E-state index contributed by atoms with van der Waals surface area (Å²) in [6, 6.07) is 0. The number of hydrogen-bond acceptors (Lipinski definition) is 4. The lowest BCUT2D eigenvalue weighted by Gasteiger charge is -2.34. The molecule has 2 saturated heterocycles. The van der Waals surface area contributed by atoms with E-state index in [0.29, 0.717) is 24.9 Å². The number of carbonyl (C=O) groups is 1. The molecule has 1 unspecified atom stereocenters. The maximum absolute atomic E-state index is 12.2. The number of quaternary nitrogens is 1. The molecule has 2 rings (SSSR count). The number of ether oxygens (including phenoxy) is 2. The first-order valence-electron chi connectivity index (χ1n) is 9.34. The van der Waals surface area contributed by atoms with Crippen LogP contribution in [0, 0.1) is 11.1 Å². The molecule has 0 spiro atoms. The van der Waals surface area contributed by atoms with Crippen molar-refractivity contribution in [2.24, 2.45) is 5.92 Å². The van der Waals surface area contributed by atoms with Gasteiger partial charge in [0.05, 0.1) is 19.2 Å². The molecule has 2 fully saturated rings. The lowest BCUT2D eigenvalue weighted by molar-refractivity contribution is -0.826. The maximum Gasteiger partial charge on any atom is 0.248 e. The summed E-state index contributed by atoms with van der Waals surface area (Å²) >= 11 is 0. The Labute approximate surface area is 146 Å². The van der Waals surface area contributed by atoms with Gasteiger partial charge in [-0.05, 0) is 51.2 Å². The number of hydroxylamine groups is 2. The second kappa shape index (κ2) is 9.18. The molecule has 2 aliphatic rings. The van der Waals surface area contributed by atoms with Crippen molar-refractivity contribution in [2.45, 2.75) is 50.8 Å². The van der Waals surface area contributed by atoms with E-state index in [4.69, 9.17) is 9.47 Å². The summed E-state index contributed by atoms with van der Waals surface area (Å²) in [6.07, 6.45) is 4.02. The van der Waals surface area contributed by atoms with E-state index in [-0.39, 0.29) is 23.2 Å². The number of piperidine rings is 1. The van der Waals surface area contributed by atoms with Gasteiger partial charge in [0.15, 0.2) is 0 Å². The highest BCUT2D eigenvalue weighted by Crippen LogP contribution is 2.26. The van der Waals surface area contributed by atoms with Gasteiger partial charge in [-0.3, -0.25) is 4.79 Å². The van der Waals surface area contributed by atoms with Crippen LogP contribution in [0.1, 0.15) is 33.1 Å². The van der Waals surface area contributed by atoms with Gasteiger partial charge in [-0.2, -0.15) is 0 Å². The molecule has 0 aromatic rings. The molecule has 2 heterocycles. The summed E-state index contributed by atoms with van der Waals surface area (Å²) in [5.41, 5.74) is -0.0148. The zero-order valence-electron chi connectivity index (χ0n) is 15.5. The standard InChI is InChI=1S/C17H33BN2O4/c1-17(2)13-18-15(11-24-17)10-23-12-16(21)20-8-5-14(6-9-20)4-7-19(3)22/h14-15,18-19H,4-13H2,1-3H3/t15-/m1/s1. The fraction of sp³-hybridized carbons (Fsp3) is 0.941. The van der Waals surface area contributed by atoms with Crippen molar-refractivity contribution >= 4 is 13.2 Å². The fourth-order valence-electron chi connectivity index (χ4n) is 3.46. The second-order valence-corrected chi connectivity index (χ2v) is 8.06. The predicted molar refractivity (Wildman–Crippen MR) is 95.6 cm³/mol. The molecule has 1 amide bonds. The minimum Gasteiger partial charge on any atom is -0.634 e. The average molecular weight is 340 g/mol. The van der Waals surface area contributed by atoms with Gasteiger partial charge in [-0.25, -0.2) is 0 Å². The van der Waals surface area contributed by atoms with Crippen LogP contribution in [0.25, 0.3) is 0 Å². The molecule has 138 valence electrons. The Bertz CT molecular complexity index is 388. The van der Waals surface area contributed by atoms with Crippen LogP contribution in [0.5, 0.6) is 0 Å². The lowest BCUT2D eigenvalue weighted by atomic mass is 9.57. The molecule has 0 saturated carbocycles. The third kappa shape index (κ3) is 6.71. The third-order valence-electron chi connectivity index (χ3n) is 5.32. The van der Waals surface area contributed by atoms with Crippen LogP contribution < -0.4 is 5.06 Å². The molecule has 0 bridgehead atoms. The van der Waals surface area contributed by atoms with Crippen molar-refractivity contribution in [3.63, 3.8) is 0 Å². The minimum absolute atomic E-state index is 0.0148. The van der Waals surface area contributed by atoms with E-state index >= 15 is 0 Å².